The molecule has 0 heterocycles. The summed E-state index contributed by atoms with van der Waals surface area (Å²) in [6.45, 7) is 4.86. The summed E-state index contributed by atoms with van der Waals surface area (Å²) in [5, 5.41) is -4.42. The Morgan fingerprint density at radius 2 is 1.26 bits per heavy atom. The van der Waals surface area contributed by atoms with Gasteiger partial charge >= 0.3 is 5.25 Å². The fraction of sp³-hybridized carbons (Fsp3) is 0.231. The van der Waals surface area contributed by atoms with Crippen molar-refractivity contribution >= 4 is 26.9 Å². The number of halogens is 2. The highest BCUT2D eigenvalue weighted by molar-refractivity contribution is 7.92. The average molecular weight is 504 g/mol. The molecule has 0 saturated carbocycles. The first-order valence-electron chi connectivity index (χ1n) is 10.6. The van der Waals surface area contributed by atoms with Crippen molar-refractivity contribution in [2.24, 2.45) is 0 Å². The molecule has 4 nitrogen and oxygen atoms in total. The van der Waals surface area contributed by atoms with E-state index in [1.54, 1.807) is 63.2 Å². The Morgan fingerprint density at radius 3 is 1.76 bits per heavy atom. The number of sulfone groups is 1. The molecule has 3 rings (SSSR count). The van der Waals surface area contributed by atoms with Gasteiger partial charge in [0.2, 0.25) is 9.84 Å². The lowest BCUT2D eigenvalue weighted by Crippen LogP contribution is -2.60. The molecule has 180 valence electrons. The molecule has 2 atom stereocenters. The SMILES string of the molecule is CC(C)(C)[S@@](=O)N[C@@](/C=C/c1ccccc1)(c1ccccc1)C(F)(F)S(=O)(=O)c1ccccc1. The number of benzene rings is 3. The van der Waals surface area contributed by atoms with Crippen molar-refractivity contribution in [2.75, 3.05) is 0 Å². The summed E-state index contributed by atoms with van der Waals surface area (Å²) in [6, 6.07) is 22.7. The Kier molecular flexibility index (Phi) is 7.55. The standard InChI is InChI=1S/C26H27F2NO3S2/c1-24(2,3)33(30)29-25(22-15-9-5-10-16-22,20-19-21-13-7-4-8-14-21)26(27,28)34(31,32)23-17-11-6-12-18-23/h4-20,29H,1-3H3/b20-19+/t25-,33+/m0/s1. The lowest BCUT2D eigenvalue weighted by atomic mass is 9.90. The molecule has 0 saturated heterocycles. The molecular weight excluding hydrogens is 476 g/mol. The predicted octanol–water partition coefficient (Wildman–Crippen LogP) is 5.71. The highest BCUT2D eigenvalue weighted by Crippen LogP contribution is 2.46. The second-order valence-corrected chi connectivity index (χ2v) is 12.7. The van der Waals surface area contributed by atoms with Gasteiger partial charge < -0.3 is 0 Å². The first-order valence-corrected chi connectivity index (χ1v) is 13.2. The number of alkyl halides is 2. The summed E-state index contributed by atoms with van der Waals surface area (Å²) in [5.74, 6) is 0. The molecule has 3 aromatic carbocycles. The number of hydrogen-bond acceptors (Lipinski definition) is 3. The molecule has 0 aliphatic heterocycles. The van der Waals surface area contributed by atoms with Gasteiger partial charge in [-0.15, -0.1) is 0 Å². The average Bonchev–Trinajstić information content (AvgIpc) is 2.82. The summed E-state index contributed by atoms with van der Waals surface area (Å²) in [5.41, 5.74) is -2.10. The van der Waals surface area contributed by atoms with Gasteiger partial charge in [-0.05, 0) is 44.0 Å². The first kappa shape index (κ1) is 25.9. The van der Waals surface area contributed by atoms with Crippen LogP contribution in [0.2, 0.25) is 0 Å². The van der Waals surface area contributed by atoms with Crippen molar-refractivity contribution in [1.82, 2.24) is 4.72 Å². The highest BCUT2D eigenvalue weighted by atomic mass is 32.2. The van der Waals surface area contributed by atoms with Gasteiger partial charge in [-0.25, -0.2) is 17.3 Å². The van der Waals surface area contributed by atoms with Gasteiger partial charge in [0.05, 0.1) is 20.6 Å². The fourth-order valence-electron chi connectivity index (χ4n) is 3.26. The minimum absolute atomic E-state index is 0.0377. The normalized spacial score (nSPS) is 15.7. The van der Waals surface area contributed by atoms with Gasteiger partial charge in [-0.1, -0.05) is 91.0 Å². The zero-order valence-electron chi connectivity index (χ0n) is 19.1. The van der Waals surface area contributed by atoms with Gasteiger partial charge in [-0.2, -0.15) is 8.78 Å². The van der Waals surface area contributed by atoms with E-state index in [-0.39, 0.29) is 5.56 Å². The van der Waals surface area contributed by atoms with Crippen LogP contribution in [-0.2, 0) is 26.4 Å². The van der Waals surface area contributed by atoms with Crippen LogP contribution in [-0.4, -0.2) is 22.6 Å². The zero-order valence-corrected chi connectivity index (χ0v) is 20.7. The van der Waals surface area contributed by atoms with Gasteiger partial charge in [0.15, 0.2) is 5.54 Å². The zero-order chi connectivity index (χ0) is 25.0. The largest absolute Gasteiger partial charge is 0.376 e. The molecule has 0 aliphatic rings. The second-order valence-electron chi connectivity index (χ2n) is 8.73. The summed E-state index contributed by atoms with van der Waals surface area (Å²) in [7, 11) is -7.27. The molecule has 3 aromatic rings. The van der Waals surface area contributed by atoms with Crippen molar-refractivity contribution in [1.29, 1.82) is 0 Å². The van der Waals surface area contributed by atoms with Crippen molar-refractivity contribution < 1.29 is 21.4 Å². The molecule has 0 bridgehead atoms. The van der Waals surface area contributed by atoms with Crippen LogP contribution in [0, 0.1) is 0 Å². The van der Waals surface area contributed by atoms with E-state index in [1.807, 2.05) is 0 Å². The van der Waals surface area contributed by atoms with E-state index in [0.29, 0.717) is 5.56 Å². The quantitative estimate of drug-likeness (QED) is 0.428. The van der Waals surface area contributed by atoms with Gasteiger partial charge in [-0.3, -0.25) is 0 Å². The molecule has 0 radical (unpaired) electrons. The highest BCUT2D eigenvalue weighted by Gasteiger charge is 2.63. The van der Waals surface area contributed by atoms with E-state index in [9.17, 15) is 12.6 Å². The Balaban J connectivity index is 2.34. The van der Waals surface area contributed by atoms with Crippen molar-refractivity contribution in [3.63, 3.8) is 0 Å². The third-order valence-electron chi connectivity index (χ3n) is 5.21. The van der Waals surface area contributed by atoms with E-state index in [1.165, 1.54) is 42.5 Å². The van der Waals surface area contributed by atoms with E-state index >= 15 is 8.78 Å². The summed E-state index contributed by atoms with van der Waals surface area (Å²) in [6.07, 6.45) is 2.51. The van der Waals surface area contributed by atoms with Crippen molar-refractivity contribution in [3.8, 4) is 0 Å². The number of nitrogens with one attached hydrogen (secondary N) is 1. The maximum Gasteiger partial charge on any atom is 0.376 e. The van der Waals surface area contributed by atoms with Crippen LogP contribution in [0.3, 0.4) is 0 Å². The summed E-state index contributed by atoms with van der Waals surface area (Å²) >= 11 is 0. The molecule has 34 heavy (non-hydrogen) atoms. The Morgan fingerprint density at radius 1 is 0.794 bits per heavy atom. The van der Waals surface area contributed by atoms with Crippen LogP contribution in [0.4, 0.5) is 8.78 Å². The lowest BCUT2D eigenvalue weighted by Gasteiger charge is -2.40. The lowest BCUT2D eigenvalue weighted by molar-refractivity contribution is 0.0192. The molecule has 0 unspecified atom stereocenters. The third-order valence-corrected chi connectivity index (χ3v) is 8.72. The Bertz CT molecular complexity index is 1260. The van der Waals surface area contributed by atoms with Crippen LogP contribution < -0.4 is 4.72 Å². The number of rotatable bonds is 8. The summed E-state index contributed by atoms with van der Waals surface area (Å²) in [4.78, 5) is -0.531. The van der Waals surface area contributed by atoms with Crippen LogP contribution in [0.15, 0.2) is 102 Å². The smallest absolute Gasteiger partial charge is 0.242 e. The molecule has 0 fully saturated rings. The molecule has 8 heteroatoms. The van der Waals surface area contributed by atoms with E-state index in [0.717, 1.165) is 18.2 Å². The van der Waals surface area contributed by atoms with E-state index in [2.05, 4.69) is 4.72 Å². The molecule has 0 aromatic heterocycles. The van der Waals surface area contributed by atoms with Gasteiger partial charge in [0.25, 0.3) is 0 Å². The van der Waals surface area contributed by atoms with Crippen LogP contribution in [0.25, 0.3) is 6.08 Å². The van der Waals surface area contributed by atoms with Crippen LogP contribution in [0.1, 0.15) is 31.9 Å². The Labute approximate surface area is 202 Å². The molecule has 0 aliphatic carbocycles. The van der Waals surface area contributed by atoms with E-state index in [4.69, 9.17) is 0 Å². The maximum atomic E-state index is 16.5. The molecule has 0 amide bonds. The minimum atomic E-state index is -5.22. The summed E-state index contributed by atoms with van der Waals surface area (Å²) < 4.78 is 74.6. The van der Waals surface area contributed by atoms with Crippen molar-refractivity contribution in [3.05, 3.63) is 108 Å². The predicted molar refractivity (Wildman–Crippen MR) is 133 cm³/mol. The topological polar surface area (TPSA) is 63.2 Å². The van der Waals surface area contributed by atoms with Crippen LogP contribution >= 0.6 is 0 Å². The van der Waals surface area contributed by atoms with Crippen molar-refractivity contribution in [2.45, 2.75) is 41.2 Å². The maximum absolute atomic E-state index is 16.5. The van der Waals surface area contributed by atoms with Gasteiger partial charge in [0, 0.05) is 0 Å². The third kappa shape index (κ3) is 5.04. The monoisotopic (exact) mass is 503 g/mol. The molecular formula is C26H27F2NO3S2. The number of hydrogen-bond donors (Lipinski definition) is 1. The Hall–Kier alpha value is -2.68. The molecule has 1 N–H and O–H groups in total. The van der Waals surface area contributed by atoms with E-state index < -0.39 is 41.3 Å². The minimum Gasteiger partial charge on any atom is -0.242 e. The fourth-order valence-corrected chi connectivity index (χ4v) is 5.71. The second kappa shape index (κ2) is 9.90. The molecule has 0 spiro atoms. The van der Waals surface area contributed by atoms with Gasteiger partial charge in [0.1, 0.15) is 0 Å². The first-order chi connectivity index (χ1) is 15.9. The van der Waals surface area contributed by atoms with Crippen LogP contribution in [0.5, 0.6) is 0 Å².